The Hall–Kier alpha value is -1.53. The first kappa shape index (κ1) is 14.9. The minimum atomic E-state index is -0.718. The van der Waals surface area contributed by atoms with Gasteiger partial charge >= 0.3 is 0 Å². The lowest BCUT2D eigenvalue weighted by Gasteiger charge is -2.30. The van der Waals surface area contributed by atoms with Gasteiger partial charge in [-0.2, -0.15) is 0 Å². The second kappa shape index (κ2) is 6.76. The van der Waals surface area contributed by atoms with Crippen LogP contribution in [0.2, 0.25) is 0 Å². The number of aliphatic hydroxyl groups excluding tert-OH is 1. The standard InChI is InChI=1S/C14H18F2N2O2/c15-11-5-12(16)7-13(6-11)17-14(20)8-18-3-1-10(9-19)2-4-18/h5-7,10,19H,1-4,8-9H2,(H,17,20). The number of hydrogen-bond acceptors (Lipinski definition) is 3. The number of anilines is 1. The van der Waals surface area contributed by atoms with Gasteiger partial charge < -0.3 is 10.4 Å². The molecule has 1 heterocycles. The van der Waals surface area contributed by atoms with Gasteiger partial charge in [0.2, 0.25) is 5.91 Å². The van der Waals surface area contributed by atoms with Gasteiger partial charge in [0.1, 0.15) is 11.6 Å². The predicted molar refractivity (Wildman–Crippen MR) is 71.2 cm³/mol. The Labute approximate surface area is 116 Å². The van der Waals surface area contributed by atoms with E-state index in [1.54, 1.807) is 0 Å². The molecule has 0 radical (unpaired) electrons. The van der Waals surface area contributed by atoms with Crippen LogP contribution < -0.4 is 5.32 Å². The average molecular weight is 284 g/mol. The van der Waals surface area contributed by atoms with E-state index in [4.69, 9.17) is 5.11 Å². The van der Waals surface area contributed by atoms with E-state index >= 15 is 0 Å². The molecular weight excluding hydrogens is 266 g/mol. The highest BCUT2D eigenvalue weighted by Crippen LogP contribution is 2.17. The third-order valence-electron chi connectivity index (χ3n) is 3.48. The Kier molecular flexibility index (Phi) is 5.03. The number of likely N-dealkylation sites (tertiary alicyclic amines) is 1. The average Bonchev–Trinajstić information content (AvgIpc) is 2.38. The van der Waals surface area contributed by atoms with Gasteiger partial charge in [-0.05, 0) is 44.0 Å². The number of nitrogens with zero attached hydrogens (tertiary/aromatic N) is 1. The summed E-state index contributed by atoms with van der Waals surface area (Å²) in [5.41, 5.74) is 0.123. The van der Waals surface area contributed by atoms with Crippen LogP contribution in [0, 0.1) is 17.6 Å². The predicted octanol–water partition coefficient (Wildman–Crippen LogP) is 1.61. The molecule has 0 aromatic heterocycles. The minimum Gasteiger partial charge on any atom is -0.396 e. The molecule has 1 fully saturated rings. The smallest absolute Gasteiger partial charge is 0.238 e. The zero-order chi connectivity index (χ0) is 14.5. The maximum atomic E-state index is 13.0. The van der Waals surface area contributed by atoms with Crippen molar-refractivity contribution >= 4 is 11.6 Å². The second-order valence-corrected chi connectivity index (χ2v) is 5.11. The van der Waals surface area contributed by atoms with Crippen LogP contribution in [0.5, 0.6) is 0 Å². The highest BCUT2D eigenvalue weighted by atomic mass is 19.1. The summed E-state index contributed by atoms with van der Waals surface area (Å²) in [7, 11) is 0. The fourth-order valence-corrected chi connectivity index (χ4v) is 2.36. The number of hydrogen-bond donors (Lipinski definition) is 2. The molecular formula is C14H18F2N2O2. The van der Waals surface area contributed by atoms with E-state index in [0.717, 1.165) is 44.1 Å². The lowest BCUT2D eigenvalue weighted by Crippen LogP contribution is -2.39. The minimum absolute atomic E-state index is 0.123. The molecule has 0 atom stereocenters. The Morgan fingerprint density at radius 1 is 1.25 bits per heavy atom. The van der Waals surface area contributed by atoms with Crippen molar-refractivity contribution < 1.29 is 18.7 Å². The van der Waals surface area contributed by atoms with Crippen molar-refractivity contribution in [2.45, 2.75) is 12.8 Å². The van der Waals surface area contributed by atoms with E-state index in [1.165, 1.54) is 0 Å². The molecule has 110 valence electrons. The fraction of sp³-hybridized carbons (Fsp3) is 0.500. The number of rotatable bonds is 4. The molecule has 1 amide bonds. The first-order valence-corrected chi connectivity index (χ1v) is 6.66. The number of aliphatic hydroxyl groups is 1. The van der Waals surface area contributed by atoms with Gasteiger partial charge in [-0.25, -0.2) is 8.78 Å². The zero-order valence-corrected chi connectivity index (χ0v) is 11.1. The second-order valence-electron chi connectivity index (χ2n) is 5.11. The molecule has 0 saturated carbocycles. The molecule has 1 aliphatic rings. The first-order chi connectivity index (χ1) is 9.56. The van der Waals surface area contributed by atoms with Gasteiger partial charge in [0, 0.05) is 18.4 Å². The Bertz CT molecular complexity index is 454. The van der Waals surface area contributed by atoms with Crippen LogP contribution in [0.1, 0.15) is 12.8 Å². The number of amides is 1. The summed E-state index contributed by atoms with van der Waals surface area (Å²) in [6.45, 7) is 1.87. The van der Waals surface area contributed by atoms with Gasteiger partial charge in [0.25, 0.3) is 0 Å². The zero-order valence-electron chi connectivity index (χ0n) is 11.1. The normalized spacial score (nSPS) is 17.1. The van der Waals surface area contributed by atoms with Crippen molar-refractivity contribution in [3.05, 3.63) is 29.8 Å². The summed E-state index contributed by atoms with van der Waals surface area (Å²) in [4.78, 5) is 13.8. The van der Waals surface area contributed by atoms with Crippen LogP contribution in [0.4, 0.5) is 14.5 Å². The van der Waals surface area contributed by atoms with Gasteiger partial charge in [0.05, 0.1) is 6.54 Å². The number of benzene rings is 1. The number of carbonyl (C=O) groups excluding carboxylic acids is 1. The Morgan fingerprint density at radius 2 is 1.85 bits per heavy atom. The van der Waals surface area contributed by atoms with Crippen LogP contribution >= 0.6 is 0 Å². The number of nitrogens with one attached hydrogen (secondary N) is 1. The van der Waals surface area contributed by atoms with E-state index < -0.39 is 11.6 Å². The third-order valence-corrected chi connectivity index (χ3v) is 3.48. The number of carbonyl (C=O) groups is 1. The topological polar surface area (TPSA) is 52.6 Å². The summed E-state index contributed by atoms with van der Waals surface area (Å²) in [5, 5.41) is 11.5. The monoisotopic (exact) mass is 284 g/mol. The van der Waals surface area contributed by atoms with E-state index in [-0.39, 0.29) is 24.7 Å². The van der Waals surface area contributed by atoms with Gasteiger partial charge in [-0.15, -0.1) is 0 Å². The summed E-state index contributed by atoms with van der Waals surface area (Å²) < 4.78 is 26.0. The molecule has 1 aromatic carbocycles. The highest BCUT2D eigenvalue weighted by Gasteiger charge is 2.20. The summed E-state index contributed by atoms with van der Waals surface area (Å²) in [5.74, 6) is -1.42. The molecule has 2 N–H and O–H groups in total. The van der Waals surface area contributed by atoms with Crippen molar-refractivity contribution in [3.63, 3.8) is 0 Å². The third kappa shape index (κ3) is 4.25. The van der Waals surface area contributed by atoms with Crippen molar-refractivity contribution in [3.8, 4) is 0 Å². The number of halogens is 2. The van der Waals surface area contributed by atoms with Gasteiger partial charge in [-0.1, -0.05) is 0 Å². The fourth-order valence-electron chi connectivity index (χ4n) is 2.36. The summed E-state index contributed by atoms with van der Waals surface area (Å²) >= 11 is 0. The maximum Gasteiger partial charge on any atom is 0.238 e. The van der Waals surface area contributed by atoms with Crippen LogP contribution in [0.3, 0.4) is 0 Å². The molecule has 20 heavy (non-hydrogen) atoms. The number of piperidine rings is 1. The van der Waals surface area contributed by atoms with Crippen molar-refractivity contribution in [2.24, 2.45) is 5.92 Å². The molecule has 0 aliphatic carbocycles. The van der Waals surface area contributed by atoms with Crippen molar-refractivity contribution in [2.75, 3.05) is 31.6 Å². The summed E-state index contributed by atoms with van der Waals surface area (Å²) in [6.07, 6.45) is 1.72. The maximum absolute atomic E-state index is 13.0. The quantitative estimate of drug-likeness (QED) is 0.883. The molecule has 6 heteroatoms. The molecule has 1 saturated heterocycles. The summed E-state index contributed by atoms with van der Waals surface area (Å²) in [6, 6.07) is 2.92. The Balaban J connectivity index is 1.83. The molecule has 0 unspecified atom stereocenters. The van der Waals surface area contributed by atoms with Gasteiger partial charge in [-0.3, -0.25) is 9.69 Å². The lowest BCUT2D eigenvalue weighted by atomic mass is 9.98. The van der Waals surface area contributed by atoms with Gasteiger partial charge in [0.15, 0.2) is 0 Å². The van der Waals surface area contributed by atoms with Crippen molar-refractivity contribution in [1.82, 2.24) is 4.90 Å². The van der Waals surface area contributed by atoms with Crippen LogP contribution in [0.15, 0.2) is 18.2 Å². The molecule has 0 bridgehead atoms. The molecule has 2 rings (SSSR count). The Morgan fingerprint density at radius 3 is 2.40 bits per heavy atom. The highest BCUT2D eigenvalue weighted by molar-refractivity contribution is 5.92. The largest absolute Gasteiger partial charge is 0.396 e. The van der Waals surface area contributed by atoms with E-state index in [2.05, 4.69) is 5.32 Å². The first-order valence-electron chi connectivity index (χ1n) is 6.66. The van der Waals surface area contributed by atoms with E-state index in [0.29, 0.717) is 5.92 Å². The van der Waals surface area contributed by atoms with Crippen LogP contribution in [0.25, 0.3) is 0 Å². The molecule has 1 aromatic rings. The van der Waals surface area contributed by atoms with Crippen LogP contribution in [-0.2, 0) is 4.79 Å². The van der Waals surface area contributed by atoms with E-state index in [9.17, 15) is 13.6 Å². The van der Waals surface area contributed by atoms with Crippen LogP contribution in [-0.4, -0.2) is 42.2 Å². The molecule has 1 aliphatic heterocycles. The lowest BCUT2D eigenvalue weighted by molar-refractivity contribution is -0.117. The SMILES string of the molecule is O=C(CN1CCC(CO)CC1)Nc1cc(F)cc(F)c1. The molecule has 0 spiro atoms. The van der Waals surface area contributed by atoms with E-state index in [1.807, 2.05) is 4.90 Å². The van der Waals surface area contributed by atoms with Crippen molar-refractivity contribution in [1.29, 1.82) is 0 Å². The molecule has 4 nitrogen and oxygen atoms in total.